The third-order valence-electron chi connectivity index (χ3n) is 5.79. The molecule has 0 aromatic carbocycles. The fourth-order valence-corrected chi connectivity index (χ4v) is 7.06. The van der Waals surface area contributed by atoms with E-state index in [1.165, 1.54) is 24.2 Å². The second-order valence-corrected chi connectivity index (χ2v) is 11.0. The summed E-state index contributed by atoms with van der Waals surface area (Å²) in [6.07, 6.45) is 9.49. The summed E-state index contributed by atoms with van der Waals surface area (Å²) in [7, 11) is -3.50. The van der Waals surface area contributed by atoms with E-state index in [-0.39, 0.29) is 18.6 Å². The van der Waals surface area contributed by atoms with E-state index in [0.29, 0.717) is 17.2 Å². The van der Waals surface area contributed by atoms with E-state index < -0.39 is 21.8 Å². The van der Waals surface area contributed by atoms with Gasteiger partial charge in [0.2, 0.25) is 0 Å². The Morgan fingerprint density at radius 2 is 1.76 bits per heavy atom. The normalized spacial score (nSPS) is 22.0. The maximum atomic E-state index is 12.9. The van der Waals surface area contributed by atoms with Crippen LogP contribution in [0.25, 0.3) is 0 Å². The molecule has 162 valence electrons. The van der Waals surface area contributed by atoms with Gasteiger partial charge in [0.05, 0.1) is 0 Å². The van der Waals surface area contributed by atoms with Crippen LogP contribution in [0.2, 0.25) is 0 Å². The quantitative estimate of drug-likeness (QED) is 0.524. The van der Waals surface area contributed by atoms with Crippen molar-refractivity contribution < 1.29 is 18.0 Å². The van der Waals surface area contributed by atoms with Crippen molar-refractivity contribution in [3.05, 3.63) is 17.5 Å². The highest BCUT2D eigenvalue weighted by Gasteiger charge is 2.34. The minimum Gasteiger partial charge on any atom is -0.348 e. The van der Waals surface area contributed by atoms with E-state index in [4.69, 9.17) is 0 Å². The molecule has 1 aromatic heterocycles. The molecule has 29 heavy (non-hydrogen) atoms. The van der Waals surface area contributed by atoms with E-state index in [1.54, 1.807) is 21.8 Å². The Labute approximate surface area is 177 Å². The average molecular weight is 442 g/mol. The lowest BCUT2D eigenvalue weighted by Gasteiger charge is -2.34. The first-order valence-corrected chi connectivity index (χ1v) is 12.9. The zero-order valence-electron chi connectivity index (χ0n) is 16.8. The highest BCUT2D eigenvalue weighted by Crippen LogP contribution is 2.29. The maximum absolute atomic E-state index is 12.9. The fraction of sp³-hybridized carbons (Fsp3) is 0.700. The number of carbonyl (C=O) groups excluding carboxylic acids is 2. The van der Waals surface area contributed by atoms with Gasteiger partial charge in [0.1, 0.15) is 4.21 Å². The molecule has 0 bridgehead atoms. The van der Waals surface area contributed by atoms with Crippen LogP contribution in [0.1, 0.15) is 64.2 Å². The van der Waals surface area contributed by atoms with Gasteiger partial charge in [-0.05, 0) is 43.6 Å². The van der Waals surface area contributed by atoms with Crippen molar-refractivity contribution in [3.8, 4) is 0 Å². The Morgan fingerprint density at radius 3 is 2.45 bits per heavy atom. The van der Waals surface area contributed by atoms with Crippen LogP contribution in [0.5, 0.6) is 0 Å². The van der Waals surface area contributed by atoms with Crippen molar-refractivity contribution in [2.75, 3.05) is 13.1 Å². The molecule has 9 heteroatoms. The van der Waals surface area contributed by atoms with Gasteiger partial charge in [0.25, 0.3) is 10.0 Å². The summed E-state index contributed by atoms with van der Waals surface area (Å²) < 4.78 is 27.7. The number of carbonyl (C=O) groups is 2. The third kappa shape index (κ3) is 6.02. The van der Waals surface area contributed by atoms with Crippen LogP contribution in [0, 0.1) is 0 Å². The highest BCUT2D eigenvalue weighted by atomic mass is 32.2. The molecule has 1 atom stereocenters. The Bertz CT molecular complexity index is 772. The van der Waals surface area contributed by atoms with Gasteiger partial charge in [0.15, 0.2) is 0 Å². The lowest BCUT2D eigenvalue weighted by Crippen LogP contribution is -2.47. The second-order valence-electron chi connectivity index (χ2n) is 7.90. The molecule has 0 spiro atoms. The van der Waals surface area contributed by atoms with Crippen LogP contribution in [-0.4, -0.2) is 49.7 Å². The molecule has 0 unspecified atom stereocenters. The summed E-state index contributed by atoms with van der Waals surface area (Å²) >= 11 is 1.22. The predicted octanol–water partition coefficient (Wildman–Crippen LogP) is 2.64. The molecule has 1 aliphatic heterocycles. The average Bonchev–Trinajstić information content (AvgIpc) is 3.15. The Balaban J connectivity index is 1.49. The first kappa shape index (κ1) is 22.2. The molecular formula is C20H31N3O4S2. The van der Waals surface area contributed by atoms with Crippen molar-refractivity contribution in [2.24, 2.45) is 0 Å². The summed E-state index contributed by atoms with van der Waals surface area (Å²) in [6, 6.07) is 3.30. The number of hydrogen-bond acceptors (Lipinski definition) is 5. The molecule has 1 aromatic rings. The SMILES string of the molecule is O=C(NCC[C@H]1CCCCN1S(=O)(=O)c1cccs1)C(=O)NC1CCCCCC1. The van der Waals surface area contributed by atoms with Gasteiger partial charge in [-0.1, -0.05) is 38.2 Å². The van der Waals surface area contributed by atoms with E-state index >= 15 is 0 Å². The van der Waals surface area contributed by atoms with Crippen LogP contribution in [0.3, 0.4) is 0 Å². The van der Waals surface area contributed by atoms with Crippen LogP contribution in [0.15, 0.2) is 21.7 Å². The van der Waals surface area contributed by atoms with E-state index in [1.807, 2.05) is 0 Å². The van der Waals surface area contributed by atoms with Crippen LogP contribution in [0.4, 0.5) is 0 Å². The zero-order chi connectivity index (χ0) is 20.7. The van der Waals surface area contributed by atoms with Crippen molar-refractivity contribution >= 4 is 33.2 Å². The van der Waals surface area contributed by atoms with Crippen LogP contribution in [-0.2, 0) is 19.6 Å². The first-order chi connectivity index (χ1) is 14.0. The van der Waals surface area contributed by atoms with Gasteiger partial charge >= 0.3 is 11.8 Å². The predicted molar refractivity (Wildman–Crippen MR) is 113 cm³/mol. The summed E-state index contributed by atoms with van der Waals surface area (Å²) in [5.41, 5.74) is 0. The summed E-state index contributed by atoms with van der Waals surface area (Å²) in [5, 5.41) is 7.28. The highest BCUT2D eigenvalue weighted by molar-refractivity contribution is 7.91. The topological polar surface area (TPSA) is 95.6 Å². The maximum Gasteiger partial charge on any atom is 0.309 e. The van der Waals surface area contributed by atoms with Gasteiger partial charge < -0.3 is 10.6 Å². The monoisotopic (exact) mass is 441 g/mol. The zero-order valence-corrected chi connectivity index (χ0v) is 18.4. The Morgan fingerprint density at radius 1 is 1.03 bits per heavy atom. The molecule has 0 radical (unpaired) electrons. The minimum absolute atomic E-state index is 0.0838. The van der Waals surface area contributed by atoms with Crippen molar-refractivity contribution in [2.45, 2.75) is 80.5 Å². The smallest absolute Gasteiger partial charge is 0.309 e. The summed E-state index contributed by atoms with van der Waals surface area (Å²) in [5.74, 6) is -1.21. The summed E-state index contributed by atoms with van der Waals surface area (Å²) in [6.45, 7) is 0.791. The van der Waals surface area contributed by atoms with E-state index in [0.717, 1.165) is 44.9 Å². The van der Waals surface area contributed by atoms with Gasteiger partial charge in [-0.2, -0.15) is 4.31 Å². The van der Waals surface area contributed by atoms with Crippen LogP contribution >= 0.6 is 11.3 Å². The lowest BCUT2D eigenvalue weighted by atomic mass is 10.0. The third-order valence-corrected chi connectivity index (χ3v) is 9.12. The molecular weight excluding hydrogens is 410 g/mol. The van der Waals surface area contributed by atoms with Crippen molar-refractivity contribution in [3.63, 3.8) is 0 Å². The number of hydrogen-bond donors (Lipinski definition) is 2. The number of sulfonamides is 1. The number of thiophene rings is 1. The number of amides is 2. The number of rotatable bonds is 6. The number of piperidine rings is 1. The Kier molecular flexibility index (Phi) is 8.08. The molecule has 7 nitrogen and oxygen atoms in total. The second kappa shape index (κ2) is 10.5. The number of nitrogens with zero attached hydrogens (tertiary/aromatic N) is 1. The van der Waals surface area contributed by atoms with Crippen LogP contribution < -0.4 is 10.6 Å². The first-order valence-electron chi connectivity index (χ1n) is 10.6. The molecule has 2 amide bonds. The summed E-state index contributed by atoms with van der Waals surface area (Å²) in [4.78, 5) is 24.3. The molecule has 1 saturated carbocycles. The molecule has 2 heterocycles. The number of nitrogens with one attached hydrogen (secondary N) is 2. The van der Waals surface area contributed by atoms with Crippen molar-refractivity contribution in [1.29, 1.82) is 0 Å². The van der Waals surface area contributed by atoms with Gasteiger partial charge in [0, 0.05) is 25.2 Å². The van der Waals surface area contributed by atoms with Gasteiger partial charge in [-0.25, -0.2) is 8.42 Å². The molecule has 1 saturated heterocycles. The van der Waals surface area contributed by atoms with E-state index in [9.17, 15) is 18.0 Å². The molecule has 2 N–H and O–H groups in total. The van der Waals surface area contributed by atoms with E-state index in [2.05, 4.69) is 10.6 Å². The minimum atomic E-state index is -3.50. The van der Waals surface area contributed by atoms with Gasteiger partial charge in [-0.3, -0.25) is 9.59 Å². The Hall–Kier alpha value is -1.45. The largest absolute Gasteiger partial charge is 0.348 e. The molecule has 1 aliphatic carbocycles. The standard InChI is InChI=1S/C20H31N3O4S2/c24-19(20(25)22-16-8-3-1-2-4-9-16)21-13-12-17-10-5-6-14-23(17)29(26,27)18-11-7-15-28-18/h7,11,15-17H,1-6,8-10,12-14H2,(H,21,24)(H,22,25)/t17-/m1/s1. The fourth-order valence-electron chi connectivity index (χ4n) is 4.21. The molecule has 3 rings (SSSR count). The van der Waals surface area contributed by atoms with Crippen molar-refractivity contribution in [1.82, 2.24) is 14.9 Å². The van der Waals surface area contributed by atoms with Gasteiger partial charge in [-0.15, -0.1) is 11.3 Å². The molecule has 2 aliphatic rings. The lowest BCUT2D eigenvalue weighted by molar-refractivity contribution is -0.139. The molecule has 2 fully saturated rings.